The summed E-state index contributed by atoms with van der Waals surface area (Å²) in [4.78, 5) is 12.4. The minimum absolute atomic E-state index is 0.178. The molecule has 4 nitrogen and oxygen atoms in total. The Hall–Kier alpha value is -1.53. The van der Waals surface area contributed by atoms with Crippen LogP contribution in [0.15, 0.2) is 40.2 Å². The number of thiophene rings is 1. The molecular formula is C14H15BrN2O2S. The Kier molecular flexibility index (Phi) is 5.03. The fourth-order valence-corrected chi connectivity index (χ4v) is 3.51. The molecule has 106 valence electrons. The van der Waals surface area contributed by atoms with E-state index < -0.39 is 6.09 Å². The predicted octanol–water partition coefficient (Wildman–Crippen LogP) is 4.86. The molecule has 2 aromatic rings. The minimum atomic E-state index is -0.476. The van der Waals surface area contributed by atoms with Crippen LogP contribution in [0.4, 0.5) is 16.2 Å². The van der Waals surface area contributed by atoms with Gasteiger partial charge in [-0.05, 0) is 52.5 Å². The van der Waals surface area contributed by atoms with Crippen LogP contribution in [-0.2, 0) is 4.74 Å². The molecular weight excluding hydrogens is 340 g/mol. The fourth-order valence-electron chi connectivity index (χ4n) is 1.79. The first-order chi connectivity index (χ1) is 9.60. The molecule has 0 fully saturated rings. The van der Waals surface area contributed by atoms with E-state index >= 15 is 0 Å². The fraction of sp³-hybridized carbons (Fsp3) is 0.214. The Labute approximate surface area is 130 Å². The van der Waals surface area contributed by atoms with Gasteiger partial charge in [0.1, 0.15) is 0 Å². The van der Waals surface area contributed by atoms with Crippen molar-refractivity contribution in [2.45, 2.75) is 13.0 Å². The minimum Gasteiger partial charge on any atom is -0.453 e. The van der Waals surface area contributed by atoms with Crippen molar-refractivity contribution in [2.24, 2.45) is 0 Å². The third-order valence-corrected chi connectivity index (χ3v) is 4.77. The molecule has 0 aliphatic rings. The quantitative estimate of drug-likeness (QED) is 0.823. The first kappa shape index (κ1) is 14.9. The van der Waals surface area contributed by atoms with E-state index in [1.165, 1.54) is 12.0 Å². The molecule has 1 aromatic carbocycles. The number of halogens is 1. The van der Waals surface area contributed by atoms with Gasteiger partial charge in [0, 0.05) is 20.7 Å². The average Bonchev–Trinajstić information content (AvgIpc) is 2.85. The Morgan fingerprint density at radius 2 is 2.10 bits per heavy atom. The van der Waals surface area contributed by atoms with Gasteiger partial charge in [0.05, 0.1) is 13.2 Å². The number of methoxy groups -OCH3 is 1. The maximum Gasteiger partial charge on any atom is 0.411 e. The molecule has 0 aliphatic carbocycles. The summed E-state index contributed by atoms with van der Waals surface area (Å²) in [5.74, 6) is 0. The number of ether oxygens (including phenoxy) is 1. The second-order valence-corrected chi connectivity index (χ2v) is 6.00. The van der Waals surface area contributed by atoms with Crippen LogP contribution in [0.25, 0.3) is 0 Å². The van der Waals surface area contributed by atoms with Crippen LogP contribution in [0.2, 0.25) is 0 Å². The number of rotatable bonds is 4. The first-order valence-corrected chi connectivity index (χ1v) is 7.72. The standard InChI is InChI=1S/C14H15BrN2O2S/c1-9(13-12(15)6-7-20-13)16-10-4-3-5-11(8-10)17-14(18)19-2/h3-9,16H,1-2H3,(H,17,18). The molecule has 0 saturated carbocycles. The SMILES string of the molecule is COC(=O)Nc1cccc(NC(C)c2sccc2Br)c1. The van der Waals surface area contributed by atoms with E-state index in [1.54, 1.807) is 11.3 Å². The molecule has 0 saturated heterocycles. The van der Waals surface area contributed by atoms with Gasteiger partial charge in [-0.15, -0.1) is 11.3 Å². The predicted molar refractivity (Wildman–Crippen MR) is 86.5 cm³/mol. The van der Waals surface area contributed by atoms with Crippen LogP contribution in [0, 0.1) is 0 Å². The van der Waals surface area contributed by atoms with Gasteiger partial charge >= 0.3 is 6.09 Å². The highest BCUT2D eigenvalue weighted by Gasteiger charge is 2.11. The molecule has 0 aliphatic heterocycles. The van der Waals surface area contributed by atoms with Gasteiger partial charge in [-0.1, -0.05) is 6.07 Å². The van der Waals surface area contributed by atoms with Crippen molar-refractivity contribution in [2.75, 3.05) is 17.7 Å². The normalized spacial score (nSPS) is 11.8. The highest BCUT2D eigenvalue weighted by atomic mass is 79.9. The molecule has 1 unspecified atom stereocenters. The van der Waals surface area contributed by atoms with Crippen molar-refractivity contribution >= 4 is 44.7 Å². The lowest BCUT2D eigenvalue weighted by atomic mass is 10.2. The van der Waals surface area contributed by atoms with Gasteiger partial charge in [0.25, 0.3) is 0 Å². The Balaban J connectivity index is 2.08. The van der Waals surface area contributed by atoms with E-state index in [4.69, 9.17) is 0 Å². The van der Waals surface area contributed by atoms with Crippen molar-refractivity contribution in [3.05, 3.63) is 45.1 Å². The van der Waals surface area contributed by atoms with Gasteiger partial charge in [-0.2, -0.15) is 0 Å². The largest absolute Gasteiger partial charge is 0.453 e. The van der Waals surface area contributed by atoms with Crippen LogP contribution >= 0.6 is 27.3 Å². The summed E-state index contributed by atoms with van der Waals surface area (Å²) in [5, 5.41) is 8.10. The van der Waals surface area contributed by atoms with Crippen molar-refractivity contribution in [1.29, 1.82) is 0 Å². The lowest BCUT2D eigenvalue weighted by Crippen LogP contribution is -2.11. The Bertz CT molecular complexity index is 600. The summed E-state index contributed by atoms with van der Waals surface area (Å²) in [6.45, 7) is 2.09. The van der Waals surface area contributed by atoms with Gasteiger partial charge < -0.3 is 10.1 Å². The molecule has 1 aromatic heterocycles. The van der Waals surface area contributed by atoms with Crippen molar-refractivity contribution in [3.63, 3.8) is 0 Å². The van der Waals surface area contributed by atoms with E-state index in [9.17, 15) is 4.79 Å². The number of benzene rings is 1. The molecule has 1 atom stereocenters. The van der Waals surface area contributed by atoms with E-state index in [-0.39, 0.29) is 6.04 Å². The lowest BCUT2D eigenvalue weighted by molar-refractivity contribution is 0.187. The zero-order valence-corrected chi connectivity index (χ0v) is 13.5. The van der Waals surface area contributed by atoms with Gasteiger partial charge in [0.2, 0.25) is 0 Å². The third kappa shape index (κ3) is 3.74. The molecule has 2 N–H and O–H groups in total. The summed E-state index contributed by atoms with van der Waals surface area (Å²) in [6.07, 6.45) is -0.476. The molecule has 2 rings (SSSR count). The summed E-state index contributed by atoms with van der Waals surface area (Å²) in [5.41, 5.74) is 1.63. The smallest absolute Gasteiger partial charge is 0.411 e. The number of carbonyl (C=O) groups excluding carboxylic acids is 1. The Morgan fingerprint density at radius 1 is 1.35 bits per heavy atom. The Morgan fingerprint density at radius 3 is 2.75 bits per heavy atom. The monoisotopic (exact) mass is 354 g/mol. The first-order valence-electron chi connectivity index (χ1n) is 6.04. The number of anilines is 2. The number of hydrogen-bond acceptors (Lipinski definition) is 4. The lowest BCUT2D eigenvalue weighted by Gasteiger charge is -2.15. The zero-order chi connectivity index (χ0) is 14.5. The highest BCUT2D eigenvalue weighted by molar-refractivity contribution is 9.10. The van der Waals surface area contributed by atoms with E-state index in [1.807, 2.05) is 35.7 Å². The highest BCUT2D eigenvalue weighted by Crippen LogP contribution is 2.31. The van der Waals surface area contributed by atoms with Crippen molar-refractivity contribution in [3.8, 4) is 0 Å². The summed E-state index contributed by atoms with van der Waals surface area (Å²) in [7, 11) is 1.34. The molecule has 20 heavy (non-hydrogen) atoms. The second kappa shape index (κ2) is 6.76. The summed E-state index contributed by atoms with van der Waals surface area (Å²) in [6, 6.07) is 9.73. The van der Waals surface area contributed by atoms with Crippen LogP contribution in [0.3, 0.4) is 0 Å². The maximum absolute atomic E-state index is 11.2. The average molecular weight is 355 g/mol. The van der Waals surface area contributed by atoms with Gasteiger partial charge in [-0.3, -0.25) is 5.32 Å². The molecule has 6 heteroatoms. The van der Waals surface area contributed by atoms with Crippen molar-refractivity contribution < 1.29 is 9.53 Å². The molecule has 1 amide bonds. The number of nitrogens with one attached hydrogen (secondary N) is 2. The maximum atomic E-state index is 11.2. The topological polar surface area (TPSA) is 50.4 Å². The second-order valence-electron chi connectivity index (χ2n) is 4.20. The third-order valence-electron chi connectivity index (χ3n) is 2.72. The zero-order valence-electron chi connectivity index (χ0n) is 11.1. The number of carbonyl (C=O) groups is 1. The van der Waals surface area contributed by atoms with E-state index in [0.717, 1.165) is 10.2 Å². The summed E-state index contributed by atoms with van der Waals surface area (Å²) >= 11 is 5.23. The molecule has 1 heterocycles. The van der Waals surface area contributed by atoms with Crippen LogP contribution in [0.1, 0.15) is 17.8 Å². The number of amides is 1. The van der Waals surface area contributed by atoms with Crippen LogP contribution < -0.4 is 10.6 Å². The number of hydrogen-bond donors (Lipinski definition) is 2. The molecule has 0 bridgehead atoms. The van der Waals surface area contributed by atoms with Gasteiger partial charge in [0.15, 0.2) is 0 Å². The van der Waals surface area contributed by atoms with E-state index in [2.05, 4.69) is 38.2 Å². The summed E-state index contributed by atoms with van der Waals surface area (Å²) < 4.78 is 5.68. The van der Waals surface area contributed by atoms with Crippen molar-refractivity contribution in [1.82, 2.24) is 0 Å². The molecule has 0 radical (unpaired) electrons. The van der Waals surface area contributed by atoms with E-state index in [0.29, 0.717) is 5.69 Å². The van der Waals surface area contributed by atoms with Crippen LogP contribution in [-0.4, -0.2) is 13.2 Å². The van der Waals surface area contributed by atoms with Crippen LogP contribution in [0.5, 0.6) is 0 Å². The van der Waals surface area contributed by atoms with Gasteiger partial charge in [-0.25, -0.2) is 4.79 Å². The molecule has 0 spiro atoms.